The van der Waals surface area contributed by atoms with Crippen molar-refractivity contribution in [1.29, 1.82) is 0 Å². The van der Waals surface area contributed by atoms with Crippen LogP contribution >= 0.6 is 0 Å². The van der Waals surface area contributed by atoms with Gasteiger partial charge >= 0.3 is 5.97 Å². The van der Waals surface area contributed by atoms with Gasteiger partial charge < -0.3 is 10.0 Å². The molecule has 10 heteroatoms. The molecule has 2 saturated heterocycles. The Morgan fingerprint density at radius 3 is 2.55 bits per heavy atom. The Hall–Kier alpha value is -1.55. The Bertz CT molecular complexity index is 576. The van der Waals surface area contributed by atoms with Gasteiger partial charge in [-0.15, -0.1) is 0 Å². The smallest absolute Gasteiger partial charge is 0.334 e. The highest BCUT2D eigenvalue weighted by Gasteiger charge is 2.62. The maximum atomic E-state index is 12.5. The van der Waals surface area contributed by atoms with E-state index in [1.807, 2.05) is 0 Å². The molecule has 1 N–H and O–H groups in total. The molecular weight excluding hydrogens is 295 g/mol. The predicted molar refractivity (Wildman–Crippen MR) is 63.0 cm³/mol. The van der Waals surface area contributed by atoms with E-state index in [-0.39, 0.29) is 6.42 Å². The molecule has 0 spiro atoms. The lowest BCUT2D eigenvalue weighted by Gasteiger charge is -2.47. The van der Waals surface area contributed by atoms with Gasteiger partial charge in [0, 0.05) is 13.0 Å². The average Bonchev–Trinajstić information content (AvgIpc) is 2.61. The Balaban J connectivity index is 2.28. The number of halogens is 1. The van der Waals surface area contributed by atoms with Gasteiger partial charge in [0.1, 0.15) is 12.7 Å². The van der Waals surface area contributed by atoms with Crippen LogP contribution in [0, 0.1) is 0 Å². The summed E-state index contributed by atoms with van der Waals surface area (Å²) in [5, 5.41) is 8.91. The average molecular weight is 308 g/mol. The van der Waals surface area contributed by atoms with E-state index in [2.05, 4.69) is 0 Å². The number of hydrogen-bond donors (Lipinski definition) is 1. The summed E-state index contributed by atoms with van der Waals surface area (Å²) in [6, 6.07) is -3.57. The second-order valence-corrected chi connectivity index (χ2v) is 6.67. The second-order valence-electron chi connectivity index (χ2n) is 4.73. The summed E-state index contributed by atoms with van der Waals surface area (Å²) in [6.45, 7) is -1.47. The van der Waals surface area contributed by atoms with Gasteiger partial charge in [0.25, 0.3) is 0 Å². The molecule has 0 aromatic heterocycles. The summed E-state index contributed by atoms with van der Waals surface area (Å²) in [4.78, 5) is 35.3. The fraction of sp³-hybridized carbons (Fsp3) is 0.700. The molecule has 2 rings (SSSR count). The molecule has 0 radical (unpaired) electrons. The van der Waals surface area contributed by atoms with Gasteiger partial charge in [0.05, 0.1) is 12.3 Å². The van der Waals surface area contributed by atoms with Crippen molar-refractivity contribution >= 4 is 27.7 Å². The predicted octanol–water partition coefficient (Wildman–Crippen LogP) is -1.78. The van der Waals surface area contributed by atoms with Crippen molar-refractivity contribution in [2.45, 2.75) is 24.5 Å². The highest BCUT2D eigenvalue weighted by atomic mass is 32.2. The number of nitrogens with zero attached hydrogens (tertiary/aromatic N) is 2. The number of hydrogen-bond acceptors (Lipinski definition) is 5. The highest BCUT2D eigenvalue weighted by Crippen LogP contribution is 2.37. The maximum Gasteiger partial charge on any atom is 0.334 e. The lowest BCUT2D eigenvalue weighted by atomic mass is 9.96. The summed E-state index contributed by atoms with van der Waals surface area (Å²) in [6.07, 6.45) is 0.607. The summed E-state index contributed by atoms with van der Waals surface area (Å²) in [5.41, 5.74) is 0. The molecular formula is C10H13FN2O6S. The van der Waals surface area contributed by atoms with Gasteiger partial charge in [-0.1, -0.05) is 0 Å². The third-order valence-electron chi connectivity index (χ3n) is 3.50. The van der Waals surface area contributed by atoms with Gasteiger partial charge in [-0.05, 0) is 0 Å². The number of sulfonamides is 1. The molecule has 2 fully saturated rings. The molecule has 0 saturated carbocycles. The molecule has 0 aromatic carbocycles. The van der Waals surface area contributed by atoms with Crippen LogP contribution < -0.4 is 0 Å². The van der Waals surface area contributed by atoms with Crippen LogP contribution in [0.25, 0.3) is 0 Å². The summed E-state index contributed by atoms with van der Waals surface area (Å²) >= 11 is 0. The first-order valence-corrected chi connectivity index (χ1v) is 7.65. The fourth-order valence-corrected chi connectivity index (χ4v) is 3.76. The molecule has 0 aromatic rings. The fourth-order valence-electron chi connectivity index (χ4n) is 2.72. The third kappa shape index (κ3) is 2.08. The van der Waals surface area contributed by atoms with E-state index in [0.717, 1.165) is 11.2 Å². The number of rotatable bonds is 5. The van der Waals surface area contributed by atoms with Crippen LogP contribution in [0.15, 0.2) is 0 Å². The monoisotopic (exact) mass is 308 g/mol. The molecule has 0 bridgehead atoms. The van der Waals surface area contributed by atoms with Crippen molar-refractivity contribution in [2.24, 2.45) is 0 Å². The zero-order valence-electron chi connectivity index (χ0n) is 10.5. The second kappa shape index (κ2) is 4.77. The van der Waals surface area contributed by atoms with Crippen LogP contribution in [0.4, 0.5) is 4.39 Å². The first-order chi connectivity index (χ1) is 9.20. The molecule has 3 atom stereocenters. The Kier molecular flexibility index (Phi) is 3.54. The van der Waals surface area contributed by atoms with Crippen LogP contribution in [-0.2, 0) is 24.4 Å². The number of alkyl halides is 1. The molecule has 3 unspecified atom stereocenters. The summed E-state index contributed by atoms with van der Waals surface area (Å²) in [7, 11) is -3.83. The minimum absolute atomic E-state index is 0.230. The number of Topliss-reactive ketones (excluding diaryl/α,β-unsaturated/α-hetero) is 1. The van der Waals surface area contributed by atoms with Gasteiger partial charge in [0.15, 0.2) is 11.8 Å². The minimum Gasteiger partial charge on any atom is -0.479 e. The van der Waals surface area contributed by atoms with Crippen LogP contribution in [0.3, 0.4) is 0 Å². The Labute approximate surface area is 114 Å². The van der Waals surface area contributed by atoms with E-state index in [9.17, 15) is 27.2 Å². The SMILES string of the molecule is CS(=O)(=O)N(CCF)C1C(=O)N2C(C(=O)O)C(=O)CC12. The first-order valence-electron chi connectivity index (χ1n) is 5.80. The largest absolute Gasteiger partial charge is 0.479 e. The molecule has 0 aliphatic carbocycles. The molecule has 2 aliphatic heterocycles. The molecule has 2 aliphatic rings. The number of amides is 1. The van der Waals surface area contributed by atoms with Crippen LogP contribution in [0.2, 0.25) is 0 Å². The Morgan fingerprint density at radius 2 is 2.10 bits per heavy atom. The van der Waals surface area contributed by atoms with E-state index >= 15 is 0 Å². The van der Waals surface area contributed by atoms with E-state index < -0.39 is 59.0 Å². The van der Waals surface area contributed by atoms with Gasteiger partial charge in [-0.3, -0.25) is 9.59 Å². The quantitative estimate of drug-likeness (QED) is 0.475. The van der Waals surface area contributed by atoms with Crippen molar-refractivity contribution in [2.75, 3.05) is 19.5 Å². The van der Waals surface area contributed by atoms with Gasteiger partial charge in [0.2, 0.25) is 15.9 Å². The van der Waals surface area contributed by atoms with Crippen molar-refractivity contribution in [3.63, 3.8) is 0 Å². The number of carboxylic acid groups (broad SMARTS) is 1. The van der Waals surface area contributed by atoms with E-state index in [1.54, 1.807) is 0 Å². The molecule has 2 heterocycles. The third-order valence-corrected chi connectivity index (χ3v) is 4.76. The zero-order chi connectivity index (χ0) is 15.2. The number of ketones is 1. The number of aliphatic carboxylic acids is 1. The van der Waals surface area contributed by atoms with Crippen LogP contribution in [-0.4, -0.2) is 78.0 Å². The number of carbonyl (C=O) groups excluding carboxylic acids is 2. The molecule has 1 amide bonds. The number of fused-ring (bicyclic) bond motifs is 1. The van der Waals surface area contributed by atoms with Crippen molar-refractivity contribution in [3.05, 3.63) is 0 Å². The maximum absolute atomic E-state index is 12.5. The highest BCUT2D eigenvalue weighted by molar-refractivity contribution is 7.88. The number of carboxylic acids is 1. The zero-order valence-corrected chi connectivity index (χ0v) is 11.3. The normalized spacial score (nSPS) is 29.6. The summed E-state index contributed by atoms with van der Waals surface area (Å²) in [5.74, 6) is -2.86. The Morgan fingerprint density at radius 1 is 1.50 bits per heavy atom. The number of carbonyl (C=O) groups is 3. The minimum atomic E-state index is -3.83. The summed E-state index contributed by atoms with van der Waals surface area (Å²) < 4.78 is 36.3. The first kappa shape index (κ1) is 14.9. The van der Waals surface area contributed by atoms with Crippen molar-refractivity contribution in [3.8, 4) is 0 Å². The topological polar surface area (TPSA) is 112 Å². The molecule has 112 valence electrons. The van der Waals surface area contributed by atoms with Gasteiger partial charge in [-0.25, -0.2) is 17.6 Å². The van der Waals surface area contributed by atoms with Crippen LogP contribution in [0.1, 0.15) is 6.42 Å². The van der Waals surface area contributed by atoms with Gasteiger partial charge in [-0.2, -0.15) is 4.31 Å². The van der Waals surface area contributed by atoms with E-state index in [0.29, 0.717) is 4.31 Å². The van der Waals surface area contributed by atoms with E-state index in [4.69, 9.17) is 5.11 Å². The number of β-lactam (4-membered cyclic amide) rings is 1. The van der Waals surface area contributed by atoms with Crippen LogP contribution in [0.5, 0.6) is 0 Å². The van der Waals surface area contributed by atoms with Crippen molar-refractivity contribution in [1.82, 2.24) is 9.21 Å². The molecule has 20 heavy (non-hydrogen) atoms. The van der Waals surface area contributed by atoms with Crippen molar-refractivity contribution < 1.29 is 32.3 Å². The molecule has 8 nitrogen and oxygen atoms in total. The lowest BCUT2D eigenvalue weighted by molar-refractivity contribution is -0.164. The van der Waals surface area contributed by atoms with E-state index in [1.165, 1.54) is 0 Å². The standard InChI is InChI=1S/C10H13FN2O6S/c1-20(18,19)12(3-2-11)7-5-4-6(14)8(10(16)17)13(5)9(7)15/h5,7-8H,2-4H2,1H3,(H,16,17). The lowest BCUT2D eigenvalue weighted by Crippen LogP contribution is -2.71.